The third-order valence-electron chi connectivity index (χ3n) is 5.99. The molecule has 36 heavy (non-hydrogen) atoms. The van der Waals surface area contributed by atoms with Crippen LogP contribution in [0, 0.1) is 6.92 Å². The Balaban J connectivity index is 1.42. The van der Waals surface area contributed by atoms with Crippen molar-refractivity contribution in [2.75, 3.05) is 31.0 Å². The van der Waals surface area contributed by atoms with Crippen LogP contribution in [0.4, 0.5) is 30.6 Å². The van der Waals surface area contributed by atoms with Crippen LogP contribution in [0.2, 0.25) is 0 Å². The van der Waals surface area contributed by atoms with Gasteiger partial charge in [-0.05, 0) is 30.7 Å². The quantitative estimate of drug-likeness (QED) is 0.401. The number of imidazole rings is 1. The van der Waals surface area contributed by atoms with Gasteiger partial charge in [0.25, 0.3) is 0 Å². The Morgan fingerprint density at radius 2 is 1.94 bits per heavy atom. The van der Waals surface area contributed by atoms with Gasteiger partial charge in [-0.2, -0.15) is 18.2 Å². The molecule has 1 aliphatic rings. The minimum Gasteiger partial charge on any atom is -0.494 e. The number of aromatic nitrogens is 4. The topological polar surface area (TPSA) is 77.3 Å². The summed E-state index contributed by atoms with van der Waals surface area (Å²) in [7, 11) is 3.27. The van der Waals surface area contributed by atoms with Crippen molar-refractivity contribution >= 4 is 17.5 Å². The van der Waals surface area contributed by atoms with Crippen molar-refractivity contribution in [3.63, 3.8) is 0 Å². The average molecular weight is 496 g/mol. The van der Waals surface area contributed by atoms with Crippen molar-refractivity contribution in [2.45, 2.75) is 19.1 Å². The summed E-state index contributed by atoms with van der Waals surface area (Å²) in [4.78, 5) is 14.8. The van der Waals surface area contributed by atoms with Crippen LogP contribution in [-0.4, -0.2) is 40.3 Å². The molecule has 2 aromatic heterocycles. The van der Waals surface area contributed by atoms with E-state index in [0.29, 0.717) is 23.0 Å². The third-order valence-corrected chi connectivity index (χ3v) is 5.99. The number of nitrogens with one attached hydrogen (secondary N) is 1. The first-order valence-corrected chi connectivity index (χ1v) is 11.1. The van der Waals surface area contributed by atoms with Crippen LogP contribution in [0.5, 0.6) is 11.5 Å². The largest absolute Gasteiger partial charge is 0.494 e. The lowest BCUT2D eigenvalue weighted by molar-refractivity contribution is -0.138. The van der Waals surface area contributed by atoms with E-state index in [2.05, 4.69) is 20.3 Å². The zero-order valence-corrected chi connectivity index (χ0v) is 19.7. The van der Waals surface area contributed by atoms with E-state index in [0.717, 1.165) is 17.4 Å². The minimum absolute atomic E-state index is 0.0408. The molecule has 0 spiro atoms. The number of methoxy groups -OCH3 is 1. The Bertz CT molecular complexity index is 1400. The van der Waals surface area contributed by atoms with Gasteiger partial charge in [0.05, 0.1) is 42.6 Å². The first-order valence-electron chi connectivity index (χ1n) is 11.1. The zero-order valence-electron chi connectivity index (χ0n) is 19.7. The smallest absolute Gasteiger partial charge is 0.416 e. The van der Waals surface area contributed by atoms with Crippen molar-refractivity contribution in [1.29, 1.82) is 0 Å². The van der Waals surface area contributed by atoms with Gasteiger partial charge in [-0.25, -0.2) is 9.97 Å². The Morgan fingerprint density at radius 3 is 2.67 bits per heavy atom. The molecule has 1 unspecified atom stereocenters. The molecule has 0 saturated heterocycles. The highest BCUT2D eigenvalue weighted by molar-refractivity contribution is 5.64. The number of hydrogen-bond donors (Lipinski definition) is 1. The second-order valence-corrected chi connectivity index (χ2v) is 8.34. The summed E-state index contributed by atoms with van der Waals surface area (Å²) in [6.07, 6.45) is 0.625. The molecule has 0 fully saturated rings. The molecule has 0 amide bonds. The predicted molar refractivity (Wildman–Crippen MR) is 128 cm³/mol. The minimum atomic E-state index is -4.48. The van der Waals surface area contributed by atoms with Crippen LogP contribution in [0.3, 0.4) is 0 Å². The number of aryl methyl sites for hydroxylation is 1. The van der Waals surface area contributed by atoms with Crippen molar-refractivity contribution < 1.29 is 22.6 Å². The Morgan fingerprint density at radius 1 is 1.14 bits per heavy atom. The molecule has 1 aliphatic heterocycles. The number of fused-ring (bicyclic) bond motifs is 1. The maximum Gasteiger partial charge on any atom is 0.416 e. The number of halogens is 3. The van der Waals surface area contributed by atoms with E-state index in [1.807, 2.05) is 29.8 Å². The molecule has 2 aromatic carbocycles. The van der Waals surface area contributed by atoms with E-state index in [1.165, 1.54) is 18.3 Å². The van der Waals surface area contributed by atoms with Gasteiger partial charge in [-0.3, -0.25) is 0 Å². The molecule has 186 valence electrons. The average Bonchev–Trinajstić information content (AvgIpc) is 3.30. The van der Waals surface area contributed by atoms with E-state index < -0.39 is 17.8 Å². The maximum absolute atomic E-state index is 13.6. The molecule has 0 radical (unpaired) electrons. The van der Waals surface area contributed by atoms with E-state index in [4.69, 9.17) is 9.47 Å². The molecule has 4 aromatic rings. The highest BCUT2D eigenvalue weighted by atomic mass is 19.4. The summed E-state index contributed by atoms with van der Waals surface area (Å²) in [6.45, 7) is 1.94. The highest BCUT2D eigenvalue weighted by Crippen LogP contribution is 2.41. The highest BCUT2D eigenvalue weighted by Gasteiger charge is 2.38. The summed E-state index contributed by atoms with van der Waals surface area (Å²) in [5.74, 6) is 1.66. The normalized spacial score (nSPS) is 15.3. The van der Waals surface area contributed by atoms with Crippen molar-refractivity contribution in [1.82, 2.24) is 19.5 Å². The van der Waals surface area contributed by atoms with Gasteiger partial charge >= 0.3 is 6.18 Å². The molecule has 8 nitrogen and oxygen atoms in total. The fourth-order valence-corrected chi connectivity index (χ4v) is 4.20. The van der Waals surface area contributed by atoms with Gasteiger partial charge < -0.3 is 24.3 Å². The lowest BCUT2D eigenvalue weighted by Gasteiger charge is -2.36. The van der Waals surface area contributed by atoms with E-state index in [1.54, 1.807) is 37.5 Å². The fraction of sp³-hybridized carbons (Fsp3) is 0.240. The van der Waals surface area contributed by atoms with Crippen LogP contribution in [-0.2, 0) is 6.18 Å². The molecule has 11 heteroatoms. The number of nitrogens with zero attached hydrogens (tertiary/aromatic N) is 5. The Kier molecular flexibility index (Phi) is 5.91. The van der Waals surface area contributed by atoms with Gasteiger partial charge in [0, 0.05) is 25.0 Å². The molecule has 3 heterocycles. The zero-order chi connectivity index (χ0) is 25.4. The van der Waals surface area contributed by atoms with Crippen LogP contribution in [0.25, 0.3) is 5.69 Å². The predicted octanol–water partition coefficient (Wildman–Crippen LogP) is 5.31. The maximum atomic E-state index is 13.6. The summed E-state index contributed by atoms with van der Waals surface area (Å²) in [5, 5.41) is 3.13. The molecule has 1 N–H and O–H groups in total. The molecule has 0 saturated carbocycles. The van der Waals surface area contributed by atoms with Crippen LogP contribution < -0.4 is 19.7 Å². The molecular formula is C25H23F3N6O2. The van der Waals surface area contributed by atoms with Crippen LogP contribution in [0.1, 0.15) is 22.9 Å². The monoisotopic (exact) mass is 496 g/mol. The SMILES string of the molecule is COc1cc(Nc2ncc3c(n2)N(C)C(c2ccccc2C(F)(F)F)CO3)ccc1-n1cnc(C)c1. The van der Waals surface area contributed by atoms with Gasteiger partial charge in [-0.1, -0.05) is 18.2 Å². The van der Waals surface area contributed by atoms with E-state index in [9.17, 15) is 13.2 Å². The molecule has 0 bridgehead atoms. The number of rotatable bonds is 5. The first-order chi connectivity index (χ1) is 17.2. The van der Waals surface area contributed by atoms with E-state index >= 15 is 0 Å². The van der Waals surface area contributed by atoms with Gasteiger partial charge in [-0.15, -0.1) is 0 Å². The Labute approximate surface area is 205 Å². The summed E-state index contributed by atoms with van der Waals surface area (Å²) < 4.78 is 54.0. The molecule has 0 aliphatic carbocycles. The van der Waals surface area contributed by atoms with Crippen LogP contribution >= 0.6 is 0 Å². The third kappa shape index (κ3) is 4.39. The van der Waals surface area contributed by atoms with Gasteiger partial charge in [0.2, 0.25) is 5.95 Å². The van der Waals surface area contributed by atoms with Gasteiger partial charge in [0.15, 0.2) is 11.6 Å². The van der Waals surface area contributed by atoms with Crippen LogP contribution in [0.15, 0.2) is 61.2 Å². The number of likely N-dealkylation sites (N-methyl/N-ethyl adjacent to an activating group) is 1. The lowest BCUT2D eigenvalue weighted by atomic mass is 9.98. The summed E-state index contributed by atoms with van der Waals surface area (Å²) >= 11 is 0. The number of anilines is 3. The van der Waals surface area contributed by atoms with E-state index in [-0.39, 0.29) is 18.1 Å². The standard InChI is InChI=1S/C25H23F3N6O2/c1-15-12-34(14-30-15)19-9-8-16(10-21(19)35-3)31-24-29-11-22-23(32-24)33(2)20(13-36-22)17-6-4-5-7-18(17)25(26,27)28/h4-12,14,20H,13H2,1-3H3,(H,29,31,32). The summed E-state index contributed by atoms with van der Waals surface area (Å²) in [5.41, 5.74) is 1.80. The van der Waals surface area contributed by atoms with Gasteiger partial charge in [0.1, 0.15) is 12.4 Å². The lowest BCUT2D eigenvalue weighted by Crippen LogP contribution is -2.35. The molecule has 1 atom stereocenters. The number of ether oxygens (including phenoxy) is 2. The Hall–Kier alpha value is -4.28. The number of benzene rings is 2. The van der Waals surface area contributed by atoms with Crippen molar-refractivity contribution in [2.24, 2.45) is 0 Å². The second kappa shape index (κ2) is 9.06. The molecular weight excluding hydrogens is 473 g/mol. The van der Waals surface area contributed by atoms with Crippen molar-refractivity contribution in [3.8, 4) is 17.2 Å². The molecule has 5 rings (SSSR count). The number of hydrogen-bond acceptors (Lipinski definition) is 7. The first kappa shape index (κ1) is 23.5. The summed E-state index contributed by atoms with van der Waals surface area (Å²) in [6, 6.07) is 10.4. The number of alkyl halides is 3. The fourth-order valence-electron chi connectivity index (χ4n) is 4.20. The van der Waals surface area contributed by atoms with Crippen molar-refractivity contribution in [3.05, 3.63) is 78.0 Å². The second-order valence-electron chi connectivity index (χ2n) is 8.34.